The van der Waals surface area contributed by atoms with Gasteiger partial charge in [-0.25, -0.2) is 8.78 Å². The van der Waals surface area contributed by atoms with Crippen molar-refractivity contribution in [3.63, 3.8) is 0 Å². The van der Waals surface area contributed by atoms with E-state index in [1.54, 1.807) is 4.90 Å². The lowest BCUT2D eigenvalue weighted by Crippen LogP contribution is -2.52. The van der Waals surface area contributed by atoms with Gasteiger partial charge in [-0.15, -0.1) is 0 Å². The van der Waals surface area contributed by atoms with Gasteiger partial charge in [-0.3, -0.25) is 4.79 Å². The Morgan fingerprint density at radius 3 is 2.61 bits per heavy atom. The number of anilines is 1. The summed E-state index contributed by atoms with van der Waals surface area (Å²) in [5.74, 6) is -0.851. The Labute approximate surface area is 211 Å². The van der Waals surface area contributed by atoms with E-state index in [2.05, 4.69) is 41.4 Å². The number of aliphatic hydroxyl groups is 1. The zero-order chi connectivity index (χ0) is 25.3. The number of benzene rings is 2. The number of carbonyl (C=O) groups excluding carboxylic acids is 1. The van der Waals surface area contributed by atoms with Crippen LogP contribution in [0, 0.1) is 23.5 Å². The van der Waals surface area contributed by atoms with Gasteiger partial charge in [0.1, 0.15) is 11.6 Å². The molecule has 0 saturated carbocycles. The Hall–Kier alpha value is -2.77. The van der Waals surface area contributed by atoms with Gasteiger partial charge < -0.3 is 20.2 Å². The van der Waals surface area contributed by atoms with Crippen LogP contribution in [-0.2, 0) is 10.2 Å². The molecule has 36 heavy (non-hydrogen) atoms. The molecule has 0 bridgehead atoms. The van der Waals surface area contributed by atoms with Gasteiger partial charge in [0.2, 0.25) is 5.91 Å². The highest BCUT2D eigenvalue weighted by Crippen LogP contribution is 2.46. The molecular formula is C29H35F2N3O2. The Bertz CT molecular complexity index is 1110. The average Bonchev–Trinajstić information content (AvgIpc) is 3.24. The second kappa shape index (κ2) is 10.3. The first-order valence-corrected chi connectivity index (χ1v) is 13.0. The quantitative estimate of drug-likeness (QED) is 0.608. The molecule has 2 fully saturated rings. The van der Waals surface area contributed by atoms with Crippen LogP contribution in [0.1, 0.15) is 37.3 Å². The molecule has 1 amide bonds. The first-order valence-electron chi connectivity index (χ1n) is 13.0. The van der Waals surface area contributed by atoms with Crippen molar-refractivity contribution in [1.29, 1.82) is 0 Å². The van der Waals surface area contributed by atoms with E-state index in [1.807, 2.05) is 0 Å². The summed E-state index contributed by atoms with van der Waals surface area (Å²) in [6, 6.07) is 11.8. The van der Waals surface area contributed by atoms with Crippen LogP contribution in [0.5, 0.6) is 0 Å². The Balaban J connectivity index is 1.10. The molecule has 2 aromatic rings. The van der Waals surface area contributed by atoms with E-state index < -0.39 is 17.7 Å². The summed E-state index contributed by atoms with van der Waals surface area (Å²) in [5.41, 5.74) is 3.19. The standard InChI is InChI=1S/C29H35F2N3O2/c1-20-17-33(13-10-29(20)19-32-26-5-3-2-4-25(26)29)18-27(35)22-8-11-34(12-9-22)28(36)7-6-21-14-23(30)16-24(31)15-21/h2-7,14-16,20,22,27,32,35H,8-13,17-19H2,1H3/b7-6+. The predicted octanol–water partition coefficient (Wildman–Crippen LogP) is 4.28. The van der Waals surface area contributed by atoms with Crippen molar-refractivity contribution in [2.24, 2.45) is 11.8 Å². The van der Waals surface area contributed by atoms with Gasteiger partial charge in [-0.2, -0.15) is 0 Å². The van der Waals surface area contributed by atoms with Crippen molar-refractivity contribution in [1.82, 2.24) is 9.80 Å². The first-order chi connectivity index (χ1) is 17.3. The SMILES string of the molecule is CC1CN(CC(O)C2CCN(C(=O)/C=C/c3cc(F)cc(F)c3)CC2)CCC12CNc1ccccc12. The molecular weight excluding hydrogens is 460 g/mol. The monoisotopic (exact) mass is 495 g/mol. The van der Waals surface area contributed by atoms with Gasteiger partial charge in [-0.1, -0.05) is 25.1 Å². The fraction of sp³-hybridized carbons (Fsp3) is 0.483. The summed E-state index contributed by atoms with van der Waals surface area (Å²) in [5, 5.41) is 14.6. The summed E-state index contributed by atoms with van der Waals surface area (Å²) in [7, 11) is 0. The van der Waals surface area contributed by atoms with Crippen LogP contribution in [0.4, 0.5) is 14.5 Å². The molecule has 2 aromatic carbocycles. The third-order valence-corrected chi connectivity index (χ3v) is 8.55. The number of para-hydroxylation sites is 1. The molecule has 1 spiro atoms. The number of piperidine rings is 2. The average molecular weight is 496 g/mol. The maximum absolute atomic E-state index is 13.4. The number of β-amino-alcohol motifs (C(OH)–C–C–N with tert-alkyl or cyclic N) is 1. The number of halogens is 2. The van der Waals surface area contributed by atoms with Crippen LogP contribution in [0.15, 0.2) is 48.5 Å². The maximum Gasteiger partial charge on any atom is 0.246 e. The lowest BCUT2D eigenvalue weighted by Gasteiger charge is -2.46. The third-order valence-electron chi connectivity index (χ3n) is 8.55. The number of carbonyl (C=O) groups is 1. The third kappa shape index (κ3) is 5.04. The number of hydrogen-bond acceptors (Lipinski definition) is 4. The van der Waals surface area contributed by atoms with Crippen LogP contribution in [0.3, 0.4) is 0 Å². The highest BCUT2D eigenvalue weighted by Gasteiger charge is 2.46. The van der Waals surface area contributed by atoms with Crippen molar-refractivity contribution < 1.29 is 18.7 Å². The molecule has 5 rings (SSSR count). The maximum atomic E-state index is 13.4. The molecule has 0 aromatic heterocycles. The summed E-state index contributed by atoms with van der Waals surface area (Å²) in [6.45, 7) is 7.07. The topological polar surface area (TPSA) is 55.8 Å². The largest absolute Gasteiger partial charge is 0.392 e. The second-order valence-electron chi connectivity index (χ2n) is 10.7. The van der Waals surface area contributed by atoms with E-state index in [1.165, 1.54) is 35.5 Å². The van der Waals surface area contributed by atoms with Crippen molar-refractivity contribution in [2.75, 3.05) is 44.6 Å². The minimum absolute atomic E-state index is 0.162. The minimum atomic E-state index is -0.667. The normalized spacial score (nSPS) is 25.8. The van der Waals surface area contributed by atoms with Crippen LogP contribution in [0.2, 0.25) is 0 Å². The lowest BCUT2D eigenvalue weighted by molar-refractivity contribution is -0.128. The number of hydrogen-bond donors (Lipinski definition) is 2. The van der Waals surface area contributed by atoms with E-state index in [0.717, 1.165) is 45.0 Å². The summed E-state index contributed by atoms with van der Waals surface area (Å²) < 4.78 is 26.7. The van der Waals surface area contributed by atoms with Gasteiger partial charge in [0.25, 0.3) is 0 Å². The molecule has 3 heterocycles. The van der Waals surface area contributed by atoms with Crippen LogP contribution >= 0.6 is 0 Å². The van der Waals surface area contributed by atoms with E-state index in [9.17, 15) is 18.7 Å². The van der Waals surface area contributed by atoms with Gasteiger partial charge in [-0.05, 0) is 73.0 Å². The fourth-order valence-corrected chi connectivity index (χ4v) is 6.37. The molecule has 5 nitrogen and oxygen atoms in total. The number of aliphatic hydroxyl groups excluding tert-OH is 1. The number of rotatable bonds is 5. The molecule has 7 heteroatoms. The number of nitrogens with one attached hydrogen (secondary N) is 1. The van der Waals surface area contributed by atoms with Gasteiger partial charge >= 0.3 is 0 Å². The second-order valence-corrected chi connectivity index (χ2v) is 10.7. The number of likely N-dealkylation sites (tertiary alicyclic amines) is 2. The van der Waals surface area contributed by atoms with Gasteiger partial charge in [0.15, 0.2) is 0 Å². The Kier molecular flexibility index (Phi) is 7.13. The fourth-order valence-electron chi connectivity index (χ4n) is 6.37. The Morgan fingerprint density at radius 2 is 1.89 bits per heavy atom. The van der Waals surface area contributed by atoms with Crippen LogP contribution in [-0.4, -0.2) is 66.2 Å². The highest BCUT2D eigenvalue weighted by molar-refractivity contribution is 5.91. The van der Waals surface area contributed by atoms with E-state index in [4.69, 9.17) is 0 Å². The summed E-state index contributed by atoms with van der Waals surface area (Å²) in [6.07, 6.45) is 4.98. The summed E-state index contributed by atoms with van der Waals surface area (Å²) >= 11 is 0. The summed E-state index contributed by atoms with van der Waals surface area (Å²) in [4.78, 5) is 16.7. The molecule has 3 atom stereocenters. The molecule has 0 aliphatic carbocycles. The van der Waals surface area contributed by atoms with Crippen molar-refractivity contribution >= 4 is 17.7 Å². The predicted molar refractivity (Wildman–Crippen MR) is 138 cm³/mol. The van der Waals surface area contributed by atoms with Crippen molar-refractivity contribution in [3.05, 3.63) is 71.3 Å². The number of fused-ring (bicyclic) bond motifs is 2. The van der Waals surface area contributed by atoms with Gasteiger partial charge in [0, 0.05) is 56.0 Å². The zero-order valence-corrected chi connectivity index (χ0v) is 20.8. The Morgan fingerprint density at radius 1 is 1.17 bits per heavy atom. The van der Waals surface area contributed by atoms with Crippen molar-refractivity contribution in [2.45, 2.75) is 37.7 Å². The van der Waals surface area contributed by atoms with Gasteiger partial charge in [0.05, 0.1) is 6.10 Å². The molecule has 3 aliphatic heterocycles. The molecule has 192 valence electrons. The van der Waals surface area contributed by atoms with Crippen molar-refractivity contribution in [3.8, 4) is 0 Å². The van der Waals surface area contributed by atoms with Crippen LogP contribution < -0.4 is 5.32 Å². The zero-order valence-electron chi connectivity index (χ0n) is 20.8. The number of nitrogens with zero attached hydrogens (tertiary/aromatic N) is 2. The molecule has 2 saturated heterocycles. The highest BCUT2D eigenvalue weighted by atomic mass is 19.1. The molecule has 2 N–H and O–H groups in total. The first kappa shape index (κ1) is 24.9. The minimum Gasteiger partial charge on any atom is -0.392 e. The molecule has 0 radical (unpaired) electrons. The molecule has 3 aliphatic rings. The number of amides is 1. The molecule has 3 unspecified atom stereocenters. The van der Waals surface area contributed by atoms with E-state index in [0.29, 0.717) is 31.1 Å². The smallest absolute Gasteiger partial charge is 0.246 e. The van der Waals surface area contributed by atoms with E-state index >= 15 is 0 Å². The lowest BCUT2D eigenvalue weighted by atomic mass is 9.67. The van der Waals surface area contributed by atoms with E-state index in [-0.39, 0.29) is 17.2 Å². The van der Waals surface area contributed by atoms with Crippen LogP contribution in [0.25, 0.3) is 6.08 Å².